The van der Waals surface area contributed by atoms with Gasteiger partial charge in [0.25, 0.3) is 0 Å². The molecule has 0 unspecified atom stereocenters. The lowest BCUT2D eigenvalue weighted by molar-refractivity contribution is 0.317. The van der Waals surface area contributed by atoms with E-state index in [1.165, 1.54) is 5.56 Å². The van der Waals surface area contributed by atoms with Gasteiger partial charge in [0.2, 0.25) is 0 Å². The molecule has 1 aromatic carbocycles. The number of allylic oxidation sites excluding steroid dienone is 2. The molecule has 0 saturated heterocycles. The molecular formula is C13H18O. The monoisotopic (exact) mass is 190 g/mol. The lowest BCUT2D eigenvalue weighted by Gasteiger charge is -2.04. The van der Waals surface area contributed by atoms with Crippen LogP contribution in [-0.2, 0) is 6.42 Å². The second-order valence-electron chi connectivity index (χ2n) is 3.27. The van der Waals surface area contributed by atoms with E-state index in [1.54, 1.807) is 0 Å². The van der Waals surface area contributed by atoms with Gasteiger partial charge in [-0.2, -0.15) is 0 Å². The van der Waals surface area contributed by atoms with Gasteiger partial charge in [0, 0.05) is 0 Å². The molecule has 1 aromatic rings. The zero-order valence-electron chi connectivity index (χ0n) is 8.99. The summed E-state index contributed by atoms with van der Waals surface area (Å²) >= 11 is 0. The Morgan fingerprint density at radius 2 is 1.93 bits per heavy atom. The SMILES string of the molecule is C/C=C\Cc1ccc(OCCC)cc1. The van der Waals surface area contributed by atoms with E-state index < -0.39 is 0 Å². The van der Waals surface area contributed by atoms with Crippen LogP contribution in [0.5, 0.6) is 5.75 Å². The molecule has 0 amide bonds. The molecule has 76 valence electrons. The Bertz CT molecular complexity index is 272. The topological polar surface area (TPSA) is 9.23 Å². The van der Waals surface area contributed by atoms with Crippen LogP contribution in [0.15, 0.2) is 36.4 Å². The summed E-state index contributed by atoms with van der Waals surface area (Å²) in [6.45, 7) is 4.95. The maximum absolute atomic E-state index is 5.50. The van der Waals surface area contributed by atoms with Gasteiger partial charge in [0.15, 0.2) is 0 Å². The number of benzene rings is 1. The fraction of sp³-hybridized carbons (Fsp3) is 0.385. The average Bonchev–Trinajstić information content (AvgIpc) is 2.25. The molecule has 0 bridgehead atoms. The standard InChI is InChI=1S/C13H18O/c1-3-5-6-12-7-9-13(10-8-12)14-11-4-2/h3,5,7-10H,4,6,11H2,1-2H3/b5-3-. The highest BCUT2D eigenvalue weighted by Crippen LogP contribution is 2.12. The van der Waals surface area contributed by atoms with E-state index in [0.29, 0.717) is 0 Å². The van der Waals surface area contributed by atoms with Gasteiger partial charge in [-0.15, -0.1) is 0 Å². The largest absolute Gasteiger partial charge is 0.494 e. The first-order valence-electron chi connectivity index (χ1n) is 5.19. The maximum Gasteiger partial charge on any atom is 0.119 e. The third kappa shape index (κ3) is 3.65. The van der Waals surface area contributed by atoms with Crippen molar-refractivity contribution >= 4 is 0 Å². The minimum atomic E-state index is 0.800. The summed E-state index contributed by atoms with van der Waals surface area (Å²) in [5.74, 6) is 0.969. The summed E-state index contributed by atoms with van der Waals surface area (Å²) in [6, 6.07) is 8.30. The van der Waals surface area contributed by atoms with Crippen LogP contribution in [0.4, 0.5) is 0 Å². The van der Waals surface area contributed by atoms with Crippen LogP contribution in [0.3, 0.4) is 0 Å². The van der Waals surface area contributed by atoms with Crippen molar-refractivity contribution in [1.29, 1.82) is 0 Å². The smallest absolute Gasteiger partial charge is 0.119 e. The minimum absolute atomic E-state index is 0.800. The van der Waals surface area contributed by atoms with E-state index in [9.17, 15) is 0 Å². The molecule has 14 heavy (non-hydrogen) atoms. The Kier molecular flexibility index (Phi) is 4.84. The number of rotatable bonds is 5. The Morgan fingerprint density at radius 1 is 1.21 bits per heavy atom. The Labute approximate surface area is 86.4 Å². The highest BCUT2D eigenvalue weighted by Gasteiger charge is 1.93. The lowest BCUT2D eigenvalue weighted by atomic mass is 10.1. The molecular weight excluding hydrogens is 172 g/mol. The molecule has 0 saturated carbocycles. The van der Waals surface area contributed by atoms with Crippen molar-refractivity contribution in [2.75, 3.05) is 6.61 Å². The van der Waals surface area contributed by atoms with E-state index in [4.69, 9.17) is 4.74 Å². The molecule has 1 heteroatoms. The van der Waals surface area contributed by atoms with Crippen molar-refractivity contribution in [2.24, 2.45) is 0 Å². The maximum atomic E-state index is 5.50. The average molecular weight is 190 g/mol. The normalized spacial score (nSPS) is 10.7. The third-order valence-corrected chi connectivity index (χ3v) is 1.99. The predicted octanol–water partition coefficient (Wildman–Crippen LogP) is 3.59. The van der Waals surface area contributed by atoms with Gasteiger partial charge in [0.1, 0.15) is 5.75 Å². The molecule has 0 heterocycles. The second kappa shape index (κ2) is 6.25. The summed E-state index contributed by atoms with van der Waals surface area (Å²) < 4.78 is 5.50. The highest BCUT2D eigenvalue weighted by atomic mass is 16.5. The minimum Gasteiger partial charge on any atom is -0.494 e. The van der Waals surface area contributed by atoms with Gasteiger partial charge in [-0.25, -0.2) is 0 Å². The first-order chi connectivity index (χ1) is 6.86. The van der Waals surface area contributed by atoms with Crippen molar-refractivity contribution in [3.05, 3.63) is 42.0 Å². The van der Waals surface area contributed by atoms with Crippen LogP contribution in [0, 0.1) is 0 Å². The van der Waals surface area contributed by atoms with Crippen molar-refractivity contribution in [2.45, 2.75) is 26.7 Å². The van der Waals surface area contributed by atoms with Crippen molar-refractivity contribution in [3.8, 4) is 5.75 Å². The Balaban J connectivity index is 2.50. The molecule has 1 nitrogen and oxygen atoms in total. The Morgan fingerprint density at radius 3 is 2.50 bits per heavy atom. The zero-order valence-corrected chi connectivity index (χ0v) is 8.99. The Hall–Kier alpha value is -1.24. The lowest BCUT2D eigenvalue weighted by Crippen LogP contribution is -1.94. The molecule has 0 aliphatic rings. The van der Waals surface area contributed by atoms with Gasteiger partial charge < -0.3 is 4.74 Å². The highest BCUT2D eigenvalue weighted by molar-refractivity contribution is 5.28. The fourth-order valence-corrected chi connectivity index (χ4v) is 1.20. The molecule has 0 spiro atoms. The first kappa shape index (κ1) is 10.8. The zero-order chi connectivity index (χ0) is 10.2. The van der Waals surface area contributed by atoms with E-state index in [-0.39, 0.29) is 0 Å². The summed E-state index contributed by atoms with van der Waals surface area (Å²) in [6.07, 6.45) is 6.29. The van der Waals surface area contributed by atoms with Crippen LogP contribution in [0.1, 0.15) is 25.8 Å². The van der Waals surface area contributed by atoms with Gasteiger partial charge in [0.05, 0.1) is 6.61 Å². The quantitative estimate of drug-likeness (QED) is 0.645. The first-order valence-corrected chi connectivity index (χ1v) is 5.19. The third-order valence-electron chi connectivity index (χ3n) is 1.99. The van der Waals surface area contributed by atoms with Gasteiger partial charge >= 0.3 is 0 Å². The predicted molar refractivity (Wildman–Crippen MR) is 60.7 cm³/mol. The second-order valence-corrected chi connectivity index (χ2v) is 3.27. The van der Waals surface area contributed by atoms with Crippen LogP contribution in [0.2, 0.25) is 0 Å². The van der Waals surface area contributed by atoms with Gasteiger partial charge in [-0.05, 0) is 37.5 Å². The number of hydrogen-bond acceptors (Lipinski definition) is 1. The van der Waals surface area contributed by atoms with Gasteiger partial charge in [-0.1, -0.05) is 31.2 Å². The van der Waals surface area contributed by atoms with Crippen LogP contribution in [-0.4, -0.2) is 6.61 Å². The van der Waals surface area contributed by atoms with E-state index in [2.05, 4.69) is 31.2 Å². The molecule has 1 rings (SSSR count). The fourth-order valence-electron chi connectivity index (χ4n) is 1.20. The van der Waals surface area contributed by atoms with Crippen molar-refractivity contribution in [1.82, 2.24) is 0 Å². The van der Waals surface area contributed by atoms with E-state index >= 15 is 0 Å². The van der Waals surface area contributed by atoms with Gasteiger partial charge in [-0.3, -0.25) is 0 Å². The summed E-state index contributed by atoms with van der Waals surface area (Å²) in [5.41, 5.74) is 1.33. The summed E-state index contributed by atoms with van der Waals surface area (Å²) in [5, 5.41) is 0. The van der Waals surface area contributed by atoms with Crippen LogP contribution < -0.4 is 4.74 Å². The van der Waals surface area contributed by atoms with Crippen molar-refractivity contribution < 1.29 is 4.74 Å². The summed E-state index contributed by atoms with van der Waals surface area (Å²) in [7, 11) is 0. The molecule has 0 aliphatic heterocycles. The molecule has 0 N–H and O–H groups in total. The summed E-state index contributed by atoms with van der Waals surface area (Å²) in [4.78, 5) is 0. The van der Waals surface area contributed by atoms with E-state index in [1.807, 2.05) is 19.1 Å². The van der Waals surface area contributed by atoms with E-state index in [0.717, 1.165) is 25.2 Å². The molecule has 0 radical (unpaired) electrons. The molecule has 0 atom stereocenters. The number of hydrogen-bond donors (Lipinski definition) is 0. The van der Waals surface area contributed by atoms with Crippen LogP contribution >= 0.6 is 0 Å². The van der Waals surface area contributed by atoms with Crippen molar-refractivity contribution in [3.63, 3.8) is 0 Å². The molecule has 0 aliphatic carbocycles. The number of ether oxygens (including phenoxy) is 1. The van der Waals surface area contributed by atoms with Crippen LogP contribution in [0.25, 0.3) is 0 Å². The molecule has 0 fully saturated rings. The molecule has 0 aromatic heterocycles.